The molecule has 204 valence electrons. The van der Waals surface area contributed by atoms with Crippen LogP contribution >= 0.6 is 23.3 Å². The zero-order chi connectivity index (χ0) is 27.6. The lowest BCUT2D eigenvalue weighted by Crippen LogP contribution is -2.61. The SMILES string of the molecule is CCC(C)(O)SN1CC(CC#N)(n2cc(-c3nc(Nc4cnn(CCCC(=O)O)c4)nc4ccsc34)cn2)C1. The lowest BCUT2D eigenvalue weighted by Gasteiger charge is -2.49. The summed E-state index contributed by atoms with van der Waals surface area (Å²) in [5, 5.41) is 42.9. The first kappa shape index (κ1) is 27.1. The summed E-state index contributed by atoms with van der Waals surface area (Å²) in [6.45, 7) is 5.44. The number of anilines is 2. The number of nitriles is 1. The van der Waals surface area contributed by atoms with Crippen molar-refractivity contribution in [3.63, 3.8) is 0 Å². The number of hydrogen-bond acceptors (Lipinski definition) is 11. The Hall–Kier alpha value is -3.51. The van der Waals surface area contributed by atoms with Crippen molar-refractivity contribution in [3.05, 3.63) is 36.2 Å². The lowest BCUT2D eigenvalue weighted by molar-refractivity contribution is -0.137. The van der Waals surface area contributed by atoms with Gasteiger partial charge in [0.25, 0.3) is 0 Å². The standard InChI is InChI=1S/C25H29N9O3S2/c1-3-24(2,37)39-33-15-25(16-33,7-8-26)34-13-17(11-28-34)21-22-19(6-10-38-22)30-23(31-21)29-18-12-27-32(14-18)9-4-5-20(35)36/h6,10-14,37H,3-5,7,9,15-16H2,1-2H3,(H,35,36)(H,29,30,31). The fraction of sp³-hybridized carbons (Fsp3) is 0.440. The van der Waals surface area contributed by atoms with E-state index in [9.17, 15) is 15.2 Å². The van der Waals surface area contributed by atoms with Crippen LogP contribution in [0.4, 0.5) is 11.6 Å². The molecule has 14 heteroatoms. The number of hydrogen-bond donors (Lipinski definition) is 3. The van der Waals surface area contributed by atoms with Crippen molar-refractivity contribution in [1.82, 2.24) is 33.8 Å². The number of nitrogens with zero attached hydrogens (tertiary/aromatic N) is 8. The molecule has 4 aromatic heterocycles. The highest BCUT2D eigenvalue weighted by atomic mass is 32.2. The molecule has 1 atom stereocenters. The van der Waals surface area contributed by atoms with Crippen LogP contribution in [0.3, 0.4) is 0 Å². The number of aryl methyl sites for hydroxylation is 1. The summed E-state index contributed by atoms with van der Waals surface area (Å²) >= 11 is 2.96. The Morgan fingerprint density at radius 1 is 1.31 bits per heavy atom. The van der Waals surface area contributed by atoms with Crippen molar-refractivity contribution < 1.29 is 15.0 Å². The lowest BCUT2D eigenvalue weighted by atomic mass is 9.89. The summed E-state index contributed by atoms with van der Waals surface area (Å²) in [5.41, 5.74) is 2.59. The number of carboxylic acids is 1. The van der Waals surface area contributed by atoms with Gasteiger partial charge >= 0.3 is 5.97 Å². The molecule has 12 nitrogen and oxygen atoms in total. The third-order valence-corrected chi connectivity index (χ3v) is 8.75. The van der Waals surface area contributed by atoms with E-state index >= 15 is 0 Å². The number of fused-ring (bicyclic) bond motifs is 1. The average Bonchev–Trinajstić information content (AvgIpc) is 3.63. The molecule has 0 bridgehead atoms. The van der Waals surface area contributed by atoms with Crippen LogP contribution in [0.5, 0.6) is 0 Å². The van der Waals surface area contributed by atoms with Gasteiger partial charge in [0, 0.05) is 44.0 Å². The highest BCUT2D eigenvalue weighted by Gasteiger charge is 2.47. The molecule has 4 aromatic rings. The second kappa shape index (κ2) is 10.9. The number of rotatable bonds is 12. The monoisotopic (exact) mass is 567 g/mol. The smallest absolute Gasteiger partial charge is 0.303 e. The molecule has 0 spiro atoms. The van der Waals surface area contributed by atoms with Crippen LogP contribution in [0.25, 0.3) is 21.5 Å². The molecule has 0 radical (unpaired) electrons. The molecule has 1 saturated heterocycles. The van der Waals surface area contributed by atoms with Gasteiger partial charge in [-0.15, -0.1) is 11.3 Å². The van der Waals surface area contributed by atoms with Crippen molar-refractivity contribution in [2.45, 2.75) is 56.5 Å². The number of carbonyl (C=O) groups is 1. The molecule has 3 N–H and O–H groups in total. The minimum atomic E-state index is -0.849. The summed E-state index contributed by atoms with van der Waals surface area (Å²) in [6, 6.07) is 4.25. The third kappa shape index (κ3) is 5.91. The Balaban J connectivity index is 1.36. The molecule has 0 amide bonds. The van der Waals surface area contributed by atoms with Crippen molar-refractivity contribution >= 4 is 51.1 Å². The molecule has 1 aliphatic heterocycles. The minimum Gasteiger partial charge on any atom is -0.481 e. The van der Waals surface area contributed by atoms with Crippen LogP contribution in [0.15, 0.2) is 36.2 Å². The third-order valence-electron chi connectivity index (χ3n) is 6.64. The molecule has 0 aromatic carbocycles. The highest BCUT2D eigenvalue weighted by Crippen LogP contribution is 2.42. The number of thiophene rings is 1. The summed E-state index contributed by atoms with van der Waals surface area (Å²) in [4.78, 5) is 19.4. The Morgan fingerprint density at radius 3 is 2.87 bits per heavy atom. The van der Waals surface area contributed by atoms with Gasteiger partial charge in [-0.2, -0.15) is 15.5 Å². The van der Waals surface area contributed by atoms with Gasteiger partial charge in [-0.3, -0.25) is 14.2 Å². The Bertz CT molecular complexity index is 1510. The van der Waals surface area contributed by atoms with E-state index in [1.807, 2.05) is 29.2 Å². The topological polar surface area (TPSA) is 158 Å². The molecule has 0 aliphatic carbocycles. The predicted molar refractivity (Wildman–Crippen MR) is 149 cm³/mol. The fourth-order valence-electron chi connectivity index (χ4n) is 4.39. The fourth-order valence-corrected chi connectivity index (χ4v) is 6.53. The minimum absolute atomic E-state index is 0.0870. The molecule has 1 unspecified atom stereocenters. The van der Waals surface area contributed by atoms with Crippen LogP contribution in [0.1, 0.15) is 39.5 Å². The summed E-state index contributed by atoms with van der Waals surface area (Å²) < 4.78 is 6.56. The second-order valence-corrected chi connectivity index (χ2v) is 12.3. The zero-order valence-electron chi connectivity index (χ0n) is 21.6. The largest absolute Gasteiger partial charge is 0.481 e. The van der Waals surface area contributed by atoms with E-state index in [1.165, 1.54) is 11.9 Å². The number of aliphatic carboxylic acids is 1. The van der Waals surface area contributed by atoms with E-state index in [1.54, 1.807) is 41.5 Å². The van der Waals surface area contributed by atoms with Gasteiger partial charge in [0.1, 0.15) is 10.5 Å². The predicted octanol–water partition coefficient (Wildman–Crippen LogP) is 4.05. The molecule has 39 heavy (non-hydrogen) atoms. The molecule has 5 heterocycles. The van der Waals surface area contributed by atoms with Gasteiger partial charge in [-0.1, -0.05) is 6.92 Å². The quantitative estimate of drug-likeness (QED) is 0.167. The average molecular weight is 568 g/mol. The molecule has 1 fully saturated rings. The van der Waals surface area contributed by atoms with E-state index in [2.05, 4.69) is 30.9 Å². The first-order valence-corrected chi connectivity index (χ1v) is 14.2. The van der Waals surface area contributed by atoms with Crippen LogP contribution in [0.2, 0.25) is 0 Å². The van der Waals surface area contributed by atoms with Gasteiger partial charge < -0.3 is 15.5 Å². The molecule has 1 aliphatic rings. The Kier molecular flexibility index (Phi) is 7.59. The number of nitrogens with one attached hydrogen (secondary N) is 1. The zero-order valence-corrected chi connectivity index (χ0v) is 23.2. The van der Waals surface area contributed by atoms with Crippen molar-refractivity contribution in [1.29, 1.82) is 5.26 Å². The molecule has 0 saturated carbocycles. The van der Waals surface area contributed by atoms with Crippen molar-refractivity contribution in [3.8, 4) is 17.3 Å². The molecular weight excluding hydrogens is 538 g/mol. The van der Waals surface area contributed by atoms with Gasteiger partial charge in [0.05, 0.1) is 46.5 Å². The summed E-state index contributed by atoms with van der Waals surface area (Å²) in [6.07, 6.45) is 8.65. The van der Waals surface area contributed by atoms with E-state index in [0.717, 1.165) is 21.5 Å². The van der Waals surface area contributed by atoms with E-state index in [4.69, 9.17) is 10.1 Å². The van der Waals surface area contributed by atoms with Crippen LogP contribution in [0, 0.1) is 11.3 Å². The van der Waals surface area contributed by atoms with Gasteiger partial charge in [0.15, 0.2) is 0 Å². The van der Waals surface area contributed by atoms with Crippen molar-refractivity contribution in [2.24, 2.45) is 0 Å². The molecular formula is C25H29N9O3S2. The van der Waals surface area contributed by atoms with Gasteiger partial charge in [0.2, 0.25) is 5.95 Å². The van der Waals surface area contributed by atoms with Gasteiger partial charge in [-0.05, 0) is 43.2 Å². The molecule has 5 rings (SSSR count). The van der Waals surface area contributed by atoms with Gasteiger partial charge in [-0.25, -0.2) is 14.3 Å². The van der Waals surface area contributed by atoms with Crippen LogP contribution < -0.4 is 5.32 Å². The Labute approximate surface area is 233 Å². The number of carboxylic acid groups (broad SMARTS) is 1. The summed E-state index contributed by atoms with van der Waals surface area (Å²) in [5.74, 6) is -0.418. The van der Waals surface area contributed by atoms with Crippen LogP contribution in [-0.2, 0) is 16.9 Å². The second-order valence-electron chi connectivity index (χ2n) is 9.80. The first-order chi connectivity index (χ1) is 18.7. The highest BCUT2D eigenvalue weighted by molar-refractivity contribution is 7.98. The van der Waals surface area contributed by atoms with E-state index in [0.29, 0.717) is 50.5 Å². The number of aromatic nitrogens is 6. The number of aliphatic hydroxyl groups is 1. The normalized spacial score (nSPS) is 16.5. The Morgan fingerprint density at radius 2 is 2.13 bits per heavy atom. The first-order valence-electron chi connectivity index (χ1n) is 12.6. The van der Waals surface area contributed by atoms with E-state index in [-0.39, 0.29) is 6.42 Å². The maximum absolute atomic E-state index is 10.8. The van der Waals surface area contributed by atoms with Crippen LogP contribution in [-0.4, -0.2) is 68.0 Å². The summed E-state index contributed by atoms with van der Waals surface area (Å²) in [7, 11) is 0. The van der Waals surface area contributed by atoms with E-state index < -0.39 is 16.4 Å². The maximum Gasteiger partial charge on any atom is 0.303 e. The maximum atomic E-state index is 10.8. The van der Waals surface area contributed by atoms with Crippen molar-refractivity contribution in [2.75, 3.05) is 18.4 Å².